The predicted molar refractivity (Wildman–Crippen MR) is 83.7 cm³/mol. The Bertz CT molecular complexity index is 560. The molecule has 1 aromatic rings. The van der Waals surface area contributed by atoms with Crippen LogP contribution in [0.1, 0.15) is 40.3 Å². The van der Waals surface area contributed by atoms with Crippen molar-refractivity contribution >= 4 is 33.9 Å². The Morgan fingerprint density at radius 2 is 1.86 bits per heavy atom. The molecule has 1 fully saturated rings. The van der Waals surface area contributed by atoms with Crippen LogP contribution >= 0.6 is 11.3 Å². The number of carbonyl (C=O) groups excluding carboxylic acids is 2. The molecule has 0 spiro atoms. The van der Waals surface area contributed by atoms with Crippen LogP contribution in [0.5, 0.6) is 0 Å². The molecule has 1 saturated heterocycles. The van der Waals surface area contributed by atoms with Crippen molar-refractivity contribution < 1.29 is 14.3 Å². The molecule has 6 nitrogen and oxygen atoms in total. The normalized spacial score (nSPS) is 22.1. The van der Waals surface area contributed by atoms with Gasteiger partial charge < -0.3 is 21.1 Å². The number of piperidine rings is 1. The highest BCUT2D eigenvalue weighted by Gasteiger charge is 2.31. The lowest BCUT2D eigenvalue weighted by atomic mass is 9.92. The molecule has 1 aliphatic rings. The first-order valence-electron chi connectivity index (χ1n) is 6.90. The molecule has 1 aliphatic heterocycles. The van der Waals surface area contributed by atoms with Gasteiger partial charge >= 0.3 is 5.97 Å². The van der Waals surface area contributed by atoms with Gasteiger partial charge in [-0.2, -0.15) is 0 Å². The standard InChI is InChI=1S/C14H21N3O3S/c1-7-4-8(2)6-17(5-7)13-9(12(16)18)10(15)11(21-13)14(19)20-3/h7-8H,4-6,15H2,1-3H3,(H2,16,18). The van der Waals surface area contributed by atoms with E-state index in [1.165, 1.54) is 18.4 Å². The second-order valence-corrected chi connectivity index (χ2v) is 6.73. The van der Waals surface area contributed by atoms with Crippen molar-refractivity contribution in [2.75, 3.05) is 30.8 Å². The van der Waals surface area contributed by atoms with Crippen molar-refractivity contribution in [2.45, 2.75) is 20.3 Å². The lowest BCUT2D eigenvalue weighted by Crippen LogP contribution is -2.39. The van der Waals surface area contributed by atoms with E-state index in [9.17, 15) is 9.59 Å². The Labute approximate surface area is 128 Å². The van der Waals surface area contributed by atoms with Crippen LogP contribution in [0, 0.1) is 11.8 Å². The molecule has 0 bridgehead atoms. The number of amides is 1. The minimum absolute atomic E-state index is 0.125. The topological polar surface area (TPSA) is 98.6 Å². The molecule has 2 heterocycles. The first-order valence-corrected chi connectivity index (χ1v) is 7.72. The molecule has 2 atom stereocenters. The number of hydrogen-bond acceptors (Lipinski definition) is 6. The number of carbonyl (C=O) groups is 2. The number of esters is 1. The summed E-state index contributed by atoms with van der Waals surface area (Å²) < 4.78 is 4.72. The van der Waals surface area contributed by atoms with Crippen LogP contribution in [0.25, 0.3) is 0 Å². The molecule has 2 unspecified atom stereocenters. The number of nitrogens with two attached hydrogens (primary N) is 2. The third kappa shape index (κ3) is 2.97. The number of nitrogen functional groups attached to an aromatic ring is 1. The average Bonchev–Trinajstić information content (AvgIpc) is 2.74. The number of thiophene rings is 1. The molecule has 4 N–H and O–H groups in total. The van der Waals surface area contributed by atoms with Gasteiger partial charge in [0.1, 0.15) is 9.88 Å². The third-order valence-electron chi connectivity index (χ3n) is 3.70. The summed E-state index contributed by atoms with van der Waals surface area (Å²) in [4.78, 5) is 25.9. The number of ether oxygens (including phenoxy) is 1. The van der Waals surface area contributed by atoms with E-state index in [0.29, 0.717) is 16.8 Å². The second kappa shape index (κ2) is 5.93. The Morgan fingerprint density at radius 3 is 2.33 bits per heavy atom. The van der Waals surface area contributed by atoms with Gasteiger partial charge in [0.2, 0.25) is 0 Å². The third-order valence-corrected chi connectivity index (χ3v) is 4.95. The van der Waals surface area contributed by atoms with Crippen LogP contribution < -0.4 is 16.4 Å². The van der Waals surface area contributed by atoms with Gasteiger partial charge in [-0.1, -0.05) is 13.8 Å². The number of hydrogen-bond donors (Lipinski definition) is 2. The van der Waals surface area contributed by atoms with Gasteiger partial charge in [0, 0.05) is 13.1 Å². The lowest BCUT2D eigenvalue weighted by molar-refractivity contribution is 0.0607. The van der Waals surface area contributed by atoms with Crippen LogP contribution in [0.3, 0.4) is 0 Å². The van der Waals surface area contributed by atoms with Crippen LogP contribution in [-0.2, 0) is 4.74 Å². The summed E-state index contributed by atoms with van der Waals surface area (Å²) in [5.74, 6) is -0.122. The summed E-state index contributed by atoms with van der Waals surface area (Å²) in [7, 11) is 1.29. The summed E-state index contributed by atoms with van der Waals surface area (Å²) in [6.07, 6.45) is 1.15. The zero-order valence-electron chi connectivity index (χ0n) is 12.5. The van der Waals surface area contributed by atoms with Crippen molar-refractivity contribution in [1.82, 2.24) is 0 Å². The van der Waals surface area contributed by atoms with Crippen LogP contribution in [0.4, 0.5) is 10.7 Å². The molecule has 1 amide bonds. The Kier molecular flexibility index (Phi) is 4.41. The molecule has 7 heteroatoms. The summed E-state index contributed by atoms with van der Waals surface area (Å²) in [6, 6.07) is 0. The lowest BCUT2D eigenvalue weighted by Gasteiger charge is -2.36. The maximum Gasteiger partial charge on any atom is 0.350 e. The van der Waals surface area contributed by atoms with Crippen molar-refractivity contribution in [3.63, 3.8) is 0 Å². The van der Waals surface area contributed by atoms with E-state index in [0.717, 1.165) is 19.5 Å². The summed E-state index contributed by atoms with van der Waals surface area (Å²) >= 11 is 1.18. The molecule has 21 heavy (non-hydrogen) atoms. The SMILES string of the molecule is COC(=O)c1sc(N2CC(C)CC(C)C2)c(C(N)=O)c1N. The molecule has 2 rings (SSSR count). The number of methoxy groups -OCH3 is 1. The zero-order valence-corrected chi connectivity index (χ0v) is 13.3. The van der Waals surface area contributed by atoms with Gasteiger partial charge in [-0.05, 0) is 18.3 Å². The minimum Gasteiger partial charge on any atom is -0.465 e. The summed E-state index contributed by atoms with van der Waals surface area (Å²) in [6.45, 7) is 5.99. The fraction of sp³-hybridized carbons (Fsp3) is 0.571. The van der Waals surface area contributed by atoms with E-state index in [2.05, 4.69) is 18.7 Å². The summed E-state index contributed by atoms with van der Waals surface area (Å²) in [5, 5.41) is 0.679. The molecule has 1 aromatic heterocycles. The minimum atomic E-state index is -0.611. The van der Waals surface area contributed by atoms with E-state index >= 15 is 0 Å². The van der Waals surface area contributed by atoms with Gasteiger partial charge in [0.25, 0.3) is 5.91 Å². The van der Waals surface area contributed by atoms with E-state index in [1.54, 1.807) is 0 Å². The maximum atomic E-state index is 11.8. The average molecular weight is 311 g/mol. The molecule has 0 saturated carbocycles. The fourth-order valence-electron chi connectivity index (χ4n) is 2.97. The largest absolute Gasteiger partial charge is 0.465 e. The highest BCUT2D eigenvalue weighted by Crippen LogP contribution is 2.40. The van der Waals surface area contributed by atoms with Gasteiger partial charge in [0.15, 0.2) is 0 Å². The van der Waals surface area contributed by atoms with Gasteiger partial charge in [0.05, 0.1) is 18.4 Å². The smallest absolute Gasteiger partial charge is 0.350 e. The van der Waals surface area contributed by atoms with Crippen LogP contribution in [-0.4, -0.2) is 32.1 Å². The monoisotopic (exact) mass is 311 g/mol. The van der Waals surface area contributed by atoms with Gasteiger partial charge in [-0.25, -0.2) is 4.79 Å². The van der Waals surface area contributed by atoms with E-state index in [-0.39, 0.29) is 16.1 Å². The molecule has 0 radical (unpaired) electrons. The number of nitrogens with zero attached hydrogens (tertiary/aromatic N) is 1. The first-order chi connectivity index (χ1) is 9.85. The highest BCUT2D eigenvalue weighted by atomic mass is 32.1. The van der Waals surface area contributed by atoms with Crippen molar-refractivity contribution in [2.24, 2.45) is 17.6 Å². The summed E-state index contributed by atoms with van der Waals surface area (Å²) in [5.41, 5.74) is 11.8. The van der Waals surface area contributed by atoms with Crippen molar-refractivity contribution in [3.8, 4) is 0 Å². The quantitative estimate of drug-likeness (QED) is 0.828. The molecule has 0 aromatic carbocycles. The van der Waals surface area contributed by atoms with E-state index in [4.69, 9.17) is 16.2 Å². The number of anilines is 2. The molecule has 0 aliphatic carbocycles. The first kappa shape index (κ1) is 15.6. The predicted octanol–water partition coefficient (Wildman–Crippen LogP) is 1.70. The van der Waals surface area contributed by atoms with Gasteiger partial charge in [-0.15, -0.1) is 11.3 Å². The fourth-order valence-corrected chi connectivity index (χ4v) is 4.13. The Hall–Kier alpha value is -1.76. The van der Waals surface area contributed by atoms with Crippen molar-refractivity contribution in [1.29, 1.82) is 0 Å². The second-order valence-electron chi connectivity index (χ2n) is 5.73. The number of primary amides is 1. The molecule has 116 valence electrons. The highest BCUT2D eigenvalue weighted by molar-refractivity contribution is 7.19. The van der Waals surface area contributed by atoms with Crippen molar-refractivity contribution in [3.05, 3.63) is 10.4 Å². The van der Waals surface area contributed by atoms with E-state index < -0.39 is 11.9 Å². The van der Waals surface area contributed by atoms with E-state index in [1.807, 2.05) is 0 Å². The maximum absolute atomic E-state index is 11.8. The number of rotatable bonds is 3. The zero-order chi connectivity index (χ0) is 15.7. The molecular weight excluding hydrogens is 290 g/mol. The van der Waals surface area contributed by atoms with Crippen LogP contribution in [0.15, 0.2) is 0 Å². The Morgan fingerprint density at radius 1 is 1.29 bits per heavy atom. The van der Waals surface area contributed by atoms with Gasteiger partial charge in [-0.3, -0.25) is 4.79 Å². The van der Waals surface area contributed by atoms with Crippen LogP contribution in [0.2, 0.25) is 0 Å². The molecular formula is C14H21N3O3S. The Balaban J connectivity index is 2.47.